The Hall–Kier alpha value is -3.81. The summed E-state index contributed by atoms with van der Waals surface area (Å²) in [5, 5.41) is 5.83. The smallest absolute Gasteiger partial charge is 0.240 e. The summed E-state index contributed by atoms with van der Waals surface area (Å²) in [5.74, 6) is -2.68. The maximum atomic E-state index is 13.5. The van der Waals surface area contributed by atoms with E-state index < -0.39 is 35.6 Å². The number of imide groups is 1. The summed E-state index contributed by atoms with van der Waals surface area (Å²) in [6, 6.07) is 10.3. The van der Waals surface area contributed by atoms with Crippen molar-refractivity contribution in [3.05, 3.63) is 72.1 Å². The molecule has 5 rings (SSSR count). The van der Waals surface area contributed by atoms with Gasteiger partial charge in [-0.25, -0.2) is 9.29 Å². The number of carbonyl (C=O) groups excluding carboxylic acids is 3. The minimum atomic E-state index is -0.957. The minimum Gasteiger partial charge on any atom is -0.497 e. The van der Waals surface area contributed by atoms with Crippen LogP contribution in [0, 0.1) is 17.7 Å². The maximum Gasteiger partial charge on any atom is 0.240 e. The quantitative estimate of drug-likeness (QED) is 0.562. The third kappa shape index (κ3) is 2.86. The van der Waals surface area contributed by atoms with Crippen LogP contribution in [0.2, 0.25) is 0 Å². The van der Waals surface area contributed by atoms with Gasteiger partial charge >= 0.3 is 0 Å². The molecular weight excluding hydrogens is 401 g/mol. The number of benzene rings is 2. The van der Waals surface area contributed by atoms with E-state index in [0.29, 0.717) is 11.4 Å². The zero-order valence-corrected chi connectivity index (χ0v) is 16.5. The first-order valence-corrected chi connectivity index (χ1v) is 9.82. The molecule has 31 heavy (non-hydrogen) atoms. The fourth-order valence-electron chi connectivity index (χ4n) is 4.61. The van der Waals surface area contributed by atoms with Crippen LogP contribution in [0.1, 0.15) is 10.4 Å². The van der Waals surface area contributed by atoms with Crippen LogP contribution in [0.3, 0.4) is 0 Å². The number of nitrogens with zero attached hydrogens (tertiary/aromatic N) is 3. The number of amides is 2. The molecular formula is C23H18FN3O4. The molecule has 2 saturated heterocycles. The van der Waals surface area contributed by atoms with Gasteiger partial charge in [-0.1, -0.05) is 6.08 Å². The van der Waals surface area contributed by atoms with Crippen LogP contribution in [-0.2, 0) is 9.59 Å². The number of Topliss-reactive ketones (excluding diaryl/α,β-unsaturated/α-hetero) is 1. The van der Waals surface area contributed by atoms with Crippen LogP contribution >= 0.6 is 0 Å². The number of ketones is 1. The van der Waals surface area contributed by atoms with Crippen LogP contribution in [0.5, 0.6) is 5.75 Å². The van der Waals surface area contributed by atoms with E-state index in [9.17, 15) is 18.8 Å². The van der Waals surface area contributed by atoms with Gasteiger partial charge in [0.2, 0.25) is 11.8 Å². The fourth-order valence-corrected chi connectivity index (χ4v) is 4.61. The van der Waals surface area contributed by atoms with Gasteiger partial charge in [0, 0.05) is 11.8 Å². The van der Waals surface area contributed by atoms with Gasteiger partial charge in [-0.3, -0.25) is 19.4 Å². The Bertz CT molecular complexity index is 1130. The van der Waals surface area contributed by atoms with Gasteiger partial charge in [-0.05, 0) is 54.6 Å². The first-order valence-electron chi connectivity index (χ1n) is 9.82. The maximum absolute atomic E-state index is 13.5. The second-order valence-electron chi connectivity index (χ2n) is 7.60. The lowest BCUT2D eigenvalue weighted by molar-refractivity contribution is -0.123. The lowest BCUT2D eigenvalue weighted by Crippen LogP contribution is -2.46. The average molecular weight is 419 g/mol. The Morgan fingerprint density at radius 3 is 2.35 bits per heavy atom. The molecule has 0 bridgehead atoms. The number of hydrazone groups is 1. The number of halogens is 1. The van der Waals surface area contributed by atoms with Crippen molar-refractivity contribution in [2.75, 3.05) is 12.0 Å². The Labute approximate surface area is 177 Å². The predicted octanol–water partition coefficient (Wildman–Crippen LogP) is 2.43. The predicted molar refractivity (Wildman–Crippen MR) is 110 cm³/mol. The van der Waals surface area contributed by atoms with Crippen LogP contribution in [0.25, 0.3) is 0 Å². The van der Waals surface area contributed by atoms with Gasteiger partial charge in [-0.2, -0.15) is 5.10 Å². The van der Waals surface area contributed by atoms with E-state index in [1.165, 1.54) is 42.6 Å². The summed E-state index contributed by atoms with van der Waals surface area (Å²) in [6.07, 6.45) is 5.01. The normalized spacial score (nSPS) is 26.3. The Balaban J connectivity index is 1.55. The highest BCUT2D eigenvalue weighted by Gasteiger charge is 2.64. The first kappa shape index (κ1) is 19.2. The van der Waals surface area contributed by atoms with Crippen molar-refractivity contribution >= 4 is 29.5 Å². The summed E-state index contributed by atoms with van der Waals surface area (Å²) in [6.45, 7) is 0. The van der Waals surface area contributed by atoms with E-state index in [2.05, 4.69) is 5.10 Å². The van der Waals surface area contributed by atoms with Crippen molar-refractivity contribution < 1.29 is 23.5 Å². The molecule has 3 aliphatic rings. The van der Waals surface area contributed by atoms with Crippen molar-refractivity contribution in [3.8, 4) is 5.75 Å². The van der Waals surface area contributed by atoms with E-state index in [1.807, 2.05) is 0 Å². The van der Waals surface area contributed by atoms with Crippen molar-refractivity contribution in [3.63, 3.8) is 0 Å². The Kier molecular flexibility index (Phi) is 4.43. The van der Waals surface area contributed by atoms with Gasteiger partial charge in [0.1, 0.15) is 17.6 Å². The highest BCUT2D eigenvalue weighted by atomic mass is 19.1. The number of hydrogen-bond donors (Lipinski definition) is 0. The zero-order valence-electron chi connectivity index (χ0n) is 16.5. The average Bonchev–Trinajstić information content (AvgIpc) is 3.27. The molecule has 2 amide bonds. The van der Waals surface area contributed by atoms with Crippen molar-refractivity contribution in [2.24, 2.45) is 16.9 Å². The summed E-state index contributed by atoms with van der Waals surface area (Å²) in [5.41, 5.74) is 0.687. The molecule has 0 radical (unpaired) electrons. The van der Waals surface area contributed by atoms with Crippen LogP contribution in [0.4, 0.5) is 10.1 Å². The topological polar surface area (TPSA) is 79.3 Å². The molecule has 3 heterocycles. The number of methoxy groups -OCH3 is 1. The van der Waals surface area contributed by atoms with Gasteiger partial charge in [-0.15, -0.1) is 0 Å². The van der Waals surface area contributed by atoms with Crippen molar-refractivity contribution in [1.82, 2.24) is 5.01 Å². The fraction of sp³-hybridized carbons (Fsp3) is 0.217. The van der Waals surface area contributed by atoms with Crippen LogP contribution in [-0.4, -0.2) is 48.0 Å². The second kappa shape index (κ2) is 7.16. The molecule has 0 unspecified atom stereocenters. The SMILES string of the molecule is COc1ccc(N2C(=O)[C@@H]3[C@H](C2=O)[C@H]2C=CC=NN2[C@@H]3C(=O)c2ccc(F)cc2)cc1. The van der Waals surface area contributed by atoms with E-state index in [0.717, 1.165) is 4.90 Å². The number of fused-ring (bicyclic) bond motifs is 3. The highest BCUT2D eigenvalue weighted by molar-refractivity contribution is 6.24. The lowest BCUT2D eigenvalue weighted by atomic mass is 9.86. The molecule has 0 spiro atoms. The summed E-state index contributed by atoms with van der Waals surface area (Å²) in [4.78, 5) is 41.3. The number of hydrogen-bond acceptors (Lipinski definition) is 6. The summed E-state index contributed by atoms with van der Waals surface area (Å²) >= 11 is 0. The highest BCUT2D eigenvalue weighted by Crippen LogP contribution is 2.46. The monoisotopic (exact) mass is 419 g/mol. The first-order chi connectivity index (χ1) is 15.0. The molecule has 0 saturated carbocycles. The molecule has 0 aliphatic carbocycles. The third-order valence-electron chi connectivity index (χ3n) is 6.02. The third-order valence-corrected chi connectivity index (χ3v) is 6.02. The molecule has 0 N–H and O–H groups in total. The van der Waals surface area contributed by atoms with E-state index >= 15 is 0 Å². The van der Waals surface area contributed by atoms with Crippen molar-refractivity contribution in [1.29, 1.82) is 0 Å². The van der Waals surface area contributed by atoms with E-state index in [-0.39, 0.29) is 17.3 Å². The van der Waals surface area contributed by atoms with Gasteiger partial charge in [0.25, 0.3) is 0 Å². The van der Waals surface area contributed by atoms with Crippen LogP contribution < -0.4 is 9.64 Å². The number of ether oxygens (including phenoxy) is 1. The van der Waals surface area contributed by atoms with Gasteiger partial charge < -0.3 is 4.74 Å². The van der Waals surface area contributed by atoms with E-state index in [1.54, 1.807) is 36.4 Å². The molecule has 2 fully saturated rings. The molecule has 0 aromatic heterocycles. The standard InChI is InChI=1S/C23H18FN3O4/c1-31-16-10-8-15(9-11-16)26-22(29)18-17-3-2-12-25-27(17)20(19(18)23(26)30)21(28)13-4-6-14(24)7-5-13/h2-12,17-20H,1H3/t17-,18-,19-,20+/m1/s1. The van der Waals surface area contributed by atoms with E-state index in [4.69, 9.17) is 4.74 Å². The Morgan fingerprint density at radius 1 is 1.00 bits per heavy atom. The molecule has 2 aromatic rings. The van der Waals surface area contributed by atoms with Gasteiger partial charge in [0.05, 0.1) is 30.7 Å². The molecule has 2 aromatic carbocycles. The lowest BCUT2D eigenvalue weighted by Gasteiger charge is -2.30. The Morgan fingerprint density at radius 2 is 1.68 bits per heavy atom. The zero-order chi connectivity index (χ0) is 21.7. The molecule has 8 heteroatoms. The number of rotatable bonds is 4. The van der Waals surface area contributed by atoms with Crippen LogP contribution in [0.15, 0.2) is 65.8 Å². The summed E-state index contributed by atoms with van der Waals surface area (Å²) in [7, 11) is 1.53. The van der Waals surface area contributed by atoms with Gasteiger partial charge in [0.15, 0.2) is 5.78 Å². The largest absolute Gasteiger partial charge is 0.497 e. The number of carbonyl (C=O) groups is 3. The second-order valence-corrected chi connectivity index (χ2v) is 7.60. The molecule has 3 aliphatic heterocycles. The molecule has 4 atom stereocenters. The molecule has 156 valence electrons. The van der Waals surface area contributed by atoms with Crippen molar-refractivity contribution in [2.45, 2.75) is 12.1 Å². The number of anilines is 1. The summed E-state index contributed by atoms with van der Waals surface area (Å²) < 4.78 is 18.5. The number of allylic oxidation sites excluding steroid dienone is 1. The molecule has 7 nitrogen and oxygen atoms in total. The minimum absolute atomic E-state index is 0.263.